The Morgan fingerprint density at radius 3 is 2.68 bits per heavy atom. The lowest BCUT2D eigenvalue weighted by Crippen LogP contribution is -2.21. The summed E-state index contributed by atoms with van der Waals surface area (Å²) in [5.41, 5.74) is 4.51. The molecule has 0 bridgehead atoms. The number of benzene rings is 1. The predicted molar refractivity (Wildman–Crippen MR) is 98.6 cm³/mol. The Bertz CT molecular complexity index is 801. The van der Waals surface area contributed by atoms with Gasteiger partial charge in [-0.1, -0.05) is 6.07 Å². The largest absolute Gasteiger partial charge is 0.391 e. The summed E-state index contributed by atoms with van der Waals surface area (Å²) in [7, 11) is 0. The number of nitrogens with one attached hydrogen (secondary N) is 1. The minimum Gasteiger partial charge on any atom is -0.391 e. The van der Waals surface area contributed by atoms with E-state index in [2.05, 4.69) is 40.3 Å². The van der Waals surface area contributed by atoms with Crippen LogP contribution in [0.25, 0.3) is 11.1 Å². The van der Waals surface area contributed by atoms with Crippen molar-refractivity contribution in [2.75, 3.05) is 23.3 Å². The molecule has 2 heterocycles. The summed E-state index contributed by atoms with van der Waals surface area (Å²) >= 11 is 0. The number of carbonyl (C=O) groups excluding carboxylic acids is 1. The van der Waals surface area contributed by atoms with E-state index in [0.29, 0.717) is 12.4 Å². The molecule has 2 N–H and O–H groups in total. The molecule has 4 rings (SSSR count). The Kier molecular flexibility index (Phi) is 4.17. The van der Waals surface area contributed by atoms with Crippen LogP contribution in [-0.2, 0) is 4.79 Å². The highest BCUT2D eigenvalue weighted by Crippen LogP contribution is 2.32. The first kappa shape index (κ1) is 16.1. The second-order valence-electron chi connectivity index (χ2n) is 7.08. The summed E-state index contributed by atoms with van der Waals surface area (Å²) in [6, 6.07) is 10.2. The van der Waals surface area contributed by atoms with Crippen molar-refractivity contribution in [3.63, 3.8) is 0 Å². The molecule has 25 heavy (non-hydrogen) atoms. The van der Waals surface area contributed by atoms with Gasteiger partial charge in [0.25, 0.3) is 0 Å². The molecule has 2 aromatic rings. The number of aliphatic hydroxyl groups excluding tert-OH is 1. The van der Waals surface area contributed by atoms with E-state index in [0.717, 1.165) is 36.9 Å². The molecule has 0 spiro atoms. The third kappa shape index (κ3) is 3.51. The first-order valence-electron chi connectivity index (χ1n) is 8.91. The fourth-order valence-corrected chi connectivity index (χ4v) is 3.40. The number of amides is 1. The summed E-state index contributed by atoms with van der Waals surface area (Å²) in [4.78, 5) is 18.4. The van der Waals surface area contributed by atoms with Crippen molar-refractivity contribution in [3.05, 3.63) is 42.1 Å². The van der Waals surface area contributed by atoms with Crippen molar-refractivity contribution in [2.45, 2.75) is 32.3 Å². The Morgan fingerprint density at radius 2 is 2.00 bits per heavy atom. The highest BCUT2D eigenvalue weighted by Gasteiger charge is 2.29. The summed E-state index contributed by atoms with van der Waals surface area (Å²) in [5, 5.41) is 12.7. The minimum absolute atomic E-state index is 0.0729. The van der Waals surface area contributed by atoms with Gasteiger partial charge >= 0.3 is 0 Å². The summed E-state index contributed by atoms with van der Waals surface area (Å²) in [6.07, 6.45) is 4.30. The molecule has 1 amide bonds. The molecule has 130 valence electrons. The van der Waals surface area contributed by atoms with Crippen LogP contribution >= 0.6 is 0 Å². The van der Waals surface area contributed by atoms with Crippen LogP contribution in [0.5, 0.6) is 0 Å². The summed E-state index contributed by atoms with van der Waals surface area (Å²) in [5.74, 6) is 0.852. The topological polar surface area (TPSA) is 65.5 Å². The molecule has 1 aromatic heterocycles. The summed E-state index contributed by atoms with van der Waals surface area (Å²) in [6.45, 7) is 3.70. The van der Waals surface area contributed by atoms with Crippen LogP contribution in [-0.4, -0.2) is 35.2 Å². The normalized spacial score (nSPS) is 19.9. The van der Waals surface area contributed by atoms with Crippen molar-refractivity contribution in [3.8, 4) is 11.1 Å². The smallest absolute Gasteiger partial charge is 0.228 e. The molecule has 1 aliphatic carbocycles. The number of hydrogen-bond donors (Lipinski definition) is 2. The van der Waals surface area contributed by atoms with Crippen molar-refractivity contribution >= 4 is 17.4 Å². The molecule has 1 aliphatic heterocycles. The maximum absolute atomic E-state index is 11.9. The molecule has 2 fully saturated rings. The van der Waals surface area contributed by atoms with Gasteiger partial charge in [0.15, 0.2) is 0 Å². The van der Waals surface area contributed by atoms with E-state index in [1.165, 1.54) is 11.3 Å². The number of aromatic nitrogens is 1. The number of nitrogens with zero attached hydrogens (tertiary/aromatic N) is 2. The van der Waals surface area contributed by atoms with Crippen molar-refractivity contribution < 1.29 is 9.90 Å². The number of hydrogen-bond acceptors (Lipinski definition) is 4. The van der Waals surface area contributed by atoms with Crippen LogP contribution in [0.2, 0.25) is 0 Å². The minimum atomic E-state index is -0.225. The van der Waals surface area contributed by atoms with Gasteiger partial charge in [0, 0.05) is 30.9 Å². The van der Waals surface area contributed by atoms with Crippen molar-refractivity contribution in [1.82, 2.24) is 4.98 Å². The third-order valence-electron chi connectivity index (χ3n) is 4.99. The monoisotopic (exact) mass is 337 g/mol. The second-order valence-corrected chi connectivity index (χ2v) is 7.08. The first-order valence-corrected chi connectivity index (χ1v) is 8.91. The Hall–Kier alpha value is -2.40. The molecule has 2 aliphatic rings. The van der Waals surface area contributed by atoms with Crippen molar-refractivity contribution in [1.29, 1.82) is 0 Å². The quantitative estimate of drug-likeness (QED) is 0.900. The molecule has 1 saturated heterocycles. The SMILES string of the molecule is Cc1cc(-c2ccnc(NC(=O)C3CC3)c2)ccc1N1CC[C@H](O)C1. The van der Waals surface area contributed by atoms with E-state index < -0.39 is 0 Å². The average molecular weight is 337 g/mol. The van der Waals surface area contributed by atoms with E-state index in [1.807, 2.05) is 12.1 Å². The lowest BCUT2D eigenvalue weighted by molar-refractivity contribution is -0.117. The van der Waals surface area contributed by atoms with E-state index in [1.54, 1.807) is 6.20 Å². The van der Waals surface area contributed by atoms with Crippen molar-refractivity contribution in [2.24, 2.45) is 5.92 Å². The number of aliphatic hydroxyl groups is 1. The van der Waals surface area contributed by atoms with Gasteiger partial charge in [-0.25, -0.2) is 4.98 Å². The van der Waals surface area contributed by atoms with E-state index in [9.17, 15) is 9.90 Å². The highest BCUT2D eigenvalue weighted by atomic mass is 16.3. The number of β-amino-alcohol motifs (C(OH)–C–C–N with tert-alkyl or cyclic N) is 1. The van der Waals surface area contributed by atoms with Gasteiger partial charge in [-0.2, -0.15) is 0 Å². The maximum Gasteiger partial charge on any atom is 0.228 e. The van der Waals surface area contributed by atoms with Gasteiger partial charge in [0.1, 0.15) is 5.82 Å². The van der Waals surface area contributed by atoms with Gasteiger partial charge in [-0.3, -0.25) is 4.79 Å². The second kappa shape index (κ2) is 6.48. The van der Waals surface area contributed by atoms with Crippen LogP contribution in [0.4, 0.5) is 11.5 Å². The zero-order chi connectivity index (χ0) is 17.4. The molecule has 5 heteroatoms. The van der Waals surface area contributed by atoms with Gasteiger partial charge in [0.2, 0.25) is 5.91 Å². The highest BCUT2D eigenvalue weighted by molar-refractivity contribution is 5.93. The Labute approximate surface area is 147 Å². The van der Waals surface area contributed by atoms with E-state index >= 15 is 0 Å². The van der Waals surface area contributed by atoms with Gasteiger partial charge in [0.05, 0.1) is 6.10 Å². The predicted octanol–water partition coefficient (Wildman–Crippen LogP) is 2.98. The zero-order valence-electron chi connectivity index (χ0n) is 14.4. The lowest BCUT2D eigenvalue weighted by Gasteiger charge is -2.21. The Morgan fingerprint density at radius 1 is 1.20 bits per heavy atom. The summed E-state index contributed by atoms with van der Waals surface area (Å²) < 4.78 is 0. The molecule has 1 saturated carbocycles. The molecular weight excluding hydrogens is 314 g/mol. The maximum atomic E-state index is 11.9. The van der Waals surface area contributed by atoms with E-state index in [4.69, 9.17) is 0 Å². The first-order chi connectivity index (χ1) is 12.1. The molecule has 0 unspecified atom stereocenters. The zero-order valence-corrected chi connectivity index (χ0v) is 14.4. The molecular formula is C20H23N3O2. The fourth-order valence-electron chi connectivity index (χ4n) is 3.40. The van der Waals surface area contributed by atoms with Crippen LogP contribution in [0.3, 0.4) is 0 Å². The fraction of sp³-hybridized carbons (Fsp3) is 0.400. The van der Waals surface area contributed by atoms with Crippen LogP contribution in [0, 0.1) is 12.8 Å². The van der Waals surface area contributed by atoms with Crippen LogP contribution in [0.15, 0.2) is 36.5 Å². The molecule has 1 aromatic carbocycles. The number of anilines is 2. The standard InChI is InChI=1S/C20H23N3O2/c1-13-10-15(4-5-18(13)23-9-7-17(24)12-23)16-6-8-21-19(11-16)22-20(25)14-2-3-14/h4-6,8,10-11,14,17,24H,2-3,7,9,12H2,1H3,(H,21,22,25)/t17-/m0/s1. The van der Waals surface area contributed by atoms with Gasteiger partial charge in [-0.05, 0) is 67.1 Å². The number of carbonyl (C=O) groups is 1. The average Bonchev–Trinajstić information content (AvgIpc) is 3.37. The molecule has 0 radical (unpaired) electrons. The molecule has 1 atom stereocenters. The third-order valence-corrected chi connectivity index (χ3v) is 4.99. The lowest BCUT2D eigenvalue weighted by atomic mass is 10.0. The number of aryl methyl sites for hydroxylation is 1. The van der Waals surface area contributed by atoms with Crippen LogP contribution in [0.1, 0.15) is 24.8 Å². The molecule has 5 nitrogen and oxygen atoms in total. The van der Waals surface area contributed by atoms with Gasteiger partial charge in [-0.15, -0.1) is 0 Å². The number of rotatable bonds is 4. The van der Waals surface area contributed by atoms with E-state index in [-0.39, 0.29) is 17.9 Å². The number of pyridine rings is 1. The Balaban J connectivity index is 1.55. The van der Waals surface area contributed by atoms with Crippen LogP contribution < -0.4 is 10.2 Å². The van der Waals surface area contributed by atoms with Gasteiger partial charge < -0.3 is 15.3 Å².